The molecule has 1 aromatic heterocycles. The maximum Gasteiger partial charge on any atom is 0.357 e. The first-order valence-corrected chi connectivity index (χ1v) is 4.42. The van der Waals surface area contributed by atoms with Gasteiger partial charge in [0, 0.05) is 12.2 Å². The van der Waals surface area contributed by atoms with Gasteiger partial charge in [-0.25, -0.2) is 4.79 Å². The molecule has 0 fully saturated rings. The minimum Gasteiger partial charge on any atom is -0.476 e. The number of aromatic carboxylic acids is 1. The SMILES string of the molecule is CC[C@@H](C)n1cc(Cl)c(C(=O)O)n1. The average Bonchev–Trinajstić information content (AvgIpc) is 2.46. The molecule has 72 valence electrons. The molecular formula is C8H11ClN2O2. The number of aromatic nitrogens is 2. The third-order valence-electron chi connectivity index (χ3n) is 1.93. The van der Waals surface area contributed by atoms with Gasteiger partial charge < -0.3 is 5.11 Å². The first kappa shape index (κ1) is 10.1. The van der Waals surface area contributed by atoms with E-state index in [1.165, 1.54) is 0 Å². The van der Waals surface area contributed by atoms with Gasteiger partial charge in [0.1, 0.15) is 0 Å². The highest BCUT2D eigenvalue weighted by Crippen LogP contribution is 2.18. The molecule has 1 aromatic rings. The van der Waals surface area contributed by atoms with Crippen LogP contribution in [-0.4, -0.2) is 20.9 Å². The summed E-state index contributed by atoms with van der Waals surface area (Å²) in [4.78, 5) is 10.6. The number of carbonyl (C=O) groups is 1. The van der Waals surface area contributed by atoms with E-state index in [9.17, 15) is 4.79 Å². The third kappa shape index (κ3) is 2.01. The van der Waals surface area contributed by atoms with E-state index in [0.717, 1.165) is 6.42 Å². The molecule has 0 aliphatic rings. The van der Waals surface area contributed by atoms with Crippen LogP contribution in [0, 0.1) is 0 Å². The lowest BCUT2D eigenvalue weighted by Crippen LogP contribution is -2.06. The Bertz CT molecular complexity index is 322. The molecule has 0 bridgehead atoms. The Balaban J connectivity index is 3.01. The lowest BCUT2D eigenvalue weighted by atomic mass is 10.3. The van der Waals surface area contributed by atoms with E-state index in [1.807, 2.05) is 13.8 Å². The first-order valence-electron chi connectivity index (χ1n) is 4.04. The Morgan fingerprint density at radius 2 is 2.46 bits per heavy atom. The summed E-state index contributed by atoms with van der Waals surface area (Å²) in [7, 11) is 0. The van der Waals surface area contributed by atoms with E-state index in [0.29, 0.717) is 0 Å². The predicted octanol–water partition coefficient (Wildman–Crippen LogP) is 2.21. The molecule has 1 N–H and O–H groups in total. The van der Waals surface area contributed by atoms with E-state index in [1.54, 1.807) is 10.9 Å². The van der Waals surface area contributed by atoms with Gasteiger partial charge in [-0.1, -0.05) is 18.5 Å². The molecule has 0 saturated heterocycles. The number of hydrogen-bond donors (Lipinski definition) is 1. The van der Waals surface area contributed by atoms with Crippen LogP contribution in [0.2, 0.25) is 5.02 Å². The molecule has 1 rings (SSSR count). The van der Waals surface area contributed by atoms with E-state index in [-0.39, 0.29) is 16.8 Å². The van der Waals surface area contributed by atoms with Crippen molar-refractivity contribution in [3.05, 3.63) is 16.9 Å². The van der Waals surface area contributed by atoms with E-state index in [4.69, 9.17) is 16.7 Å². The fourth-order valence-corrected chi connectivity index (χ4v) is 1.15. The quantitative estimate of drug-likeness (QED) is 0.818. The van der Waals surface area contributed by atoms with Gasteiger partial charge in [-0.15, -0.1) is 0 Å². The molecule has 13 heavy (non-hydrogen) atoms. The van der Waals surface area contributed by atoms with Crippen LogP contribution in [0.5, 0.6) is 0 Å². The Kier molecular flexibility index (Phi) is 2.93. The second kappa shape index (κ2) is 3.79. The molecule has 0 aliphatic heterocycles. The molecule has 0 spiro atoms. The zero-order chi connectivity index (χ0) is 10.0. The van der Waals surface area contributed by atoms with Crippen molar-refractivity contribution in [2.75, 3.05) is 0 Å². The van der Waals surface area contributed by atoms with Gasteiger partial charge in [-0.05, 0) is 13.3 Å². The first-order chi connectivity index (χ1) is 6.06. The molecule has 1 heterocycles. The summed E-state index contributed by atoms with van der Waals surface area (Å²) in [6, 6.07) is 0.172. The zero-order valence-corrected chi connectivity index (χ0v) is 8.25. The molecule has 0 saturated carbocycles. The Labute approximate surface area is 81.1 Å². The van der Waals surface area contributed by atoms with Crippen molar-refractivity contribution in [1.29, 1.82) is 0 Å². The summed E-state index contributed by atoms with van der Waals surface area (Å²) in [6.07, 6.45) is 2.43. The van der Waals surface area contributed by atoms with E-state index >= 15 is 0 Å². The highest BCUT2D eigenvalue weighted by atomic mass is 35.5. The summed E-state index contributed by atoms with van der Waals surface area (Å²) in [5.41, 5.74) is -0.0815. The highest BCUT2D eigenvalue weighted by molar-refractivity contribution is 6.33. The van der Waals surface area contributed by atoms with E-state index in [2.05, 4.69) is 5.10 Å². The molecule has 0 radical (unpaired) electrons. The number of halogens is 1. The second-order valence-corrected chi connectivity index (χ2v) is 3.28. The van der Waals surface area contributed by atoms with Gasteiger partial charge in [0.25, 0.3) is 0 Å². The number of carboxylic acids is 1. The van der Waals surface area contributed by atoms with Crippen molar-refractivity contribution in [2.24, 2.45) is 0 Å². The predicted molar refractivity (Wildman–Crippen MR) is 49.2 cm³/mol. The van der Waals surface area contributed by atoms with Crippen LogP contribution in [0.1, 0.15) is 36.8 Å². The van der Waals surface area contributed by atoms with Gasteiger partial charge in [-0.3, -0.25) is 4.68 Å². The van der Waals surface area contributed by atoms with Crippen LogP contribution in [0.3, 0.4) is 0 Å². The van der Waals surface area contributed by atoms with Crippen LogP contribution < -0.4 is 0 Å². The Hall–Kier alpha value is -1.03. The fraction of sp³-hybridized carbons (Fsp3) is 0.500. The van der Waals surface area contributed by atoms with Gasteiger partial charge in [0.2, 0.25) is 0 Å². The summed E-state index contributed by atoms with van der Waals surface area (Å²) < 4.78 is 1.58. The van der Waals surface area contributed by atoms with Crippen molar-refractivity contribution in [3.63, 3.8) is 0 Å². The lowest BCUT2D eigenvalue weighted by molar-refractivity contribution is 0.0689. The second-order valence-electron chi connectivity index (χ2n) is 2.87. The summed E-state index contributed by atoms with van der Waals surface area (Å²) in [5.74, 6) is -1.09. The maximum absolute atomic E-state index is 10.6. The lowest BCUT2D eigenvalue weighted by Gasteiger charge is -2.07. The smallest absolute Gasteiger partial charge is 0.357 e. The van der Waals surface area contributed by atoms with Crippen molar-refractivity contribution < 1.29 is 9.90 Å². The van der Waals surface area contributed by atoms with Gasteiger partial charge in [0.15, 0.2) is 5.69 Å². The topological polar surface area (TPSA) is 55.1 Å². The van der Waals surface area contributed by atoms with Crippen LogP contribution >= 0.6 is 11.6 Å². The molecule has 1 atom stereocenters. The van der Waals surface area contributed by atoms with Gasteiger partial charge >= 0.3 is 5.97 Å². The minimum atomic E-state index is -1.09. The number of carboxylic acid groups (broad SMARTS) is 1. The van der Waals surface area contributed by atoms with Crippen molar-refractivity contribution >= 4 is 17.6 Å². The Morgan fingerprint density at radius 1 is 1.85 bits per heavy atom. The van der Waals surface area contributed by atoms with Crippen LogP contribution in [0.25, 0.3) is 0 Å². The molecule has 0 unspecified atom stereocenters. The average molecular weight is 203 g/mol. The van der Waals surface area contributed by atoms with Crippen LogP contribution in [-0.2, 0) is 0 Å². The minimum absolute atomic E-state index is 0.0815. The number of rotatable bonds is 3. The van der Waals surface area contributed by atoms with Crippen molar-refractivity contribution in [2.45, 2.75) is 26.3 Å². The molecule has 0 aliphatic carbocycles. The van der Waals surface area contributed by atoms with Crippen LogP contribution in [0.15, 0.2) is 6.20 Å². The number of nitrogens with zero attached hydrogens (tertiary/aromatic N) is 2. The molecule has 0 aromatic carbocycles. The third-order valence-corrected chi connectivity index (χ3v) is 2.21. The molecule has 4 nitrogen and oxygen atoms in total. The molecule has 0 amide bonds. The summed E-state index contributed by atoms with van der Waals surface area (Å²) >= 11 is 5.68. The maximum atomic E-state index is 10.6. The zero-order valence-electron chi connectivity index (χ0n) is 7.49. The summed E-state index contributed by atoms with van der Waals surface area (Å²) in [5, 5.41) is 12.7. The van der Waals surface area contributed by atoms with E-state index < -0.39 is 5.97 Å². The summed E-state index contributed by atoms with van der Waals surface area (Å²) in [6.45, 7) is 3.95. The molecule has 5 heteroatoms. The number of hydrogen-bond acceptors (Lipinski definition) is 2. The molecular weight excluding hydrogens is 192 g/mol. The van der Waals surface area contributed by atoms with Gasteiger partial charge in [-0.2, -0.15) is 5.10 Å². The monoisotopic (exact) mass is 202 g/mol. The Morgan fingerprint density at radius 3 is 2.85 bits per heavy atom. The highest BCUT2D eigenvalue weighted by Gasteiger charge is 2.15. The van der Waals surface area contributed by atoms with Crippen molar-refractivity contribution in [3.8, 4) is 0 Å². The normalized spacial score (nSPS) is 12.8. The standard InChI is InChI=1S/C8H11ClN2O2/c1-3-5(2)11-4-6(9)7(10-11)8(12)13/h4-5H,3H2,1-2H3,(H,12,13)/t5-/m1/s1. The largest absolute Gasteiger partial charge is 0.476 e. The van der Waals surface area contributed by atoms with Crippen molar-refractivity contribution in [1.82, 2.24) is 9.78 Å². The fourth-order valence-electron chi connectivity index (χ4n) is 0.927. The van der Waals surface area contributed by atoms with Crippen LogP contribution in [0.4, 0.5) is 0 Å². The van der Waals surface area contributed by atoms with Gasteiger partial charge in [0.05, 0.1) is 5.02 Å².